The number of benzene rings is 2. The molecule has 1 amide bonds. The summed E-state index contributed by atoms with van der Waals surface area (Å²) in [5.74, 6) is -2.86. The number of aliphatic carboxylic acids is 1. The van der Waals surface area contributed by atoms with Gasteiger partial charge in [0.1, 0.15) is 11.6 Å². The third kappa shape index (κ3) is 3.66. The fourth-order valence-corrected chi connectivity index (χ4v) is 2.66. The molecule has 1 aliphatic heterocycles. The summed E-state index contributed by atoms with van der Waals surface area (Å²) < 4.78 is 32.4. The third-order valence-electron chi connectivity index (χ3n) is 4.01. The second-order valence-electron chi connectivity index (χ2n) is 5.65. The zero-order valence-electron chi connectivity index (χ0n) is 13.1. The van der Waals surface area contributed by atoms with E-state index in [1.165, 1.54) is 41.3 Å². The Balaban J connectivity index is 1.81. The number of carbonyl (C=O) groups is 2. The number of hydrogen-bond acceptors (Lipinski definition) is 3. The molecule has 0 aliphatic carbocycles. The normalized spacial score (nSPS) is 17.4. The van der Waals surface area contributed by atoms with Gasteiger partial charge in [0, 0.05) is 6.54 Å². The van der Waals surface area contributed by atoms with Gasteiger partial charge in [0.15, 0.2) is 6.10 Å². The first-order valence-corrected chi connectivity index (χ1v) is 7.65. The molecule has 0 bridgehead atoms. The average Bonchev–Trinajstić information content (AvgIpc) is 2.62. The lowest BCUT2D eigenvalue weighted by Crippen LogP contribution is -2.48. The Hall–Kier alpha value is -2.80. The summed E-state index contributed by atoms with van der Waals surface area (Å²) in [6.45, 7) is 0.146. The summed E-state index contributed by atoms with van der Waals surface area (Å²) >= 11 is 0. The SMILES string of the molecule is O=C(O)C1CN(C(=O)c2ccc(-c3ccc(F)cc3)cc2F)CCO1. The van der Waals surface area contributed by atoms with E-state index < -0.39 is 29.6 Å². The number of carbonyl (C=O) groups excluding carboxylic acids is 1. The summed E-state index contributed by atoms with van der Waals surface area (Å²) in [6, 6.07) is 9.70. The Morgan fingerprint density at radius 1 is 1.08 bits per heavy atom. The van der Waals surface area contributed by atoms with Gasteiger partial charge in [0.2, 0.25) is 0 Å². The Morgan fingerprint density at radius 2 is 1.76 bits per heavy atom. The summed E-state index contributed by atoms with van der Waals surface area (Å²) in [6.07, 6.45) is -1.11. The van der Waals surface area contributed by atoms with Crippen molar-refractivity contribution in [3.63, 3.8) is 0 Å². The molecule has 0 spiro atoms. The highest BCUT2D eigenvalue weighted by molar-refractivity contribution is 5.95. The van der Waals surface area contributed by atoms with Crippen LogP contribution in [0.5, 0.6) is 0 Å². The van der Waals surface area contributed by atoms with Gasteiger partial charge >= 0.3 is 5.97 Å². The van der Waals surface area contributed by atoms with Crippen LogP contribution in [0.4, 0.5) is 8.78 Å². The molecule has 5 nitrogen and oxygen atoms in total. The minimum Gasteiger partial charge on any atom is -0.479 e. The highest BCUT2D eigenvalue weighted by Gasteiger charge is 2.30. The van der Waals surface area contributed by atoms with Crippen LogP contribution in [0.25, 0.3) is 11.1 Å². The first kappa shape index (κ1) is 17.0. The first-order chi connectivity index (χ1) is 12.0. The van der Waals surface area contributed by atoms with E-state index in [0.29, 0.717) is 11.1 Å². The number of morpholine rings is 1. The monoisotopic (exact) mass is 347 g/mol. The van der Waals surface area contributed by atoms with Gasteiger partial charge in [-0.05, 0) is 35.4 Å². The number of carboxylic acid groups (broad SMARTS) is 1. The molecular formula is C18H15F2NO4. The summed E-state index contributed by atoms with van der Waals surface area (Å²) in [5.41, 5.74) is 0.993. The zero-order valence-corrected chi connectivity index (χ0v) is 13.1. The van der Waals surface area contributed by atoms with Gasteiger partial charge in [0.05, 0.1) is 18.7 Å². The van der Waals surface area contributed by atoms with Crippen LogP contribution in [0.1, 0.15) is 10.4 Å². The Bertz CT molecular complexity index is 807. The third-order valence-corrected chi connectivity index (χ3v) is 4.01. The molecule has 25 heavy (non-hydrogen) atoms. The lowest BCUT2D eigenvalue weighted by Gasteiger charge is -2.31. The van der Waals surface area contributed by atoms with Crippen LogP contribution >= 0.6 is 0 Å². The largest absolute Gasteiger partial charge is 0.479 e. The van der Waals surface area contributed by atoms with Crippen LogP contribution in [0, 0.1) is 11.6 Å². The molecule has 2 aromatic carbocycles. The fourth-order valence-electron chi connectivity index (χ4n) is 2.66. The van der Waals surface area contributed by atoms with E-state index >= 15 is 0 Å². The zero-order chi connectivity index (χ0) is 18.0. The van der Waals surface area contributed by atoms with Crippen molar-refractivity contribution in [1.29, 1.82) is 0 Å². The predicted octanol–water partition coefficient (Wildman–Crippen LogP) is 2.56. The van der Waals surface area contributed by atoms with E-state index in [0.717, 1.165) is 0 Å². The molecule has 1 heterocycles. The molecule has 1 N–H and O–H groups in total. The van der Waals surface area contributed by atoms with E-state index in [1.54, 1.807) is 6.07 Å². The molecule has 130 valence electrons. The standard InChI is InChI=1S/C18H15F2NO4/c19-13-4-1-11(2-5-13)12-3-6-14(15(20)9-12)17(22)21-7-8-25-16(10-21)18(23)24/h1-6,9,16H,7-8,10H2,(H,23,24). The van der Waals surface area contributed by atoms with Crippen molar-refractivity contribution in [2.75, 3.05) is 19.7 Å². The smallest absolute Gasteiger partial charge is 0.334 e. The van der Waals surface area contributed by atoms with E-state index in [-0.39, 0.29) is 25.3 Å². The number of carboxylic acids is 1. The molecule has 1 aliphatic rings. The van der Waals surface area contributed by atoms with Crippen LogP contribution in [-0.2, 0) is 9.53 Å². The maximum Gasteiger partial charge on any atom is 0.334 e. The molecular weight excluding hydrogens is 332 g/mol. The van der Waals surface area contributed by atoms with Gasteiger partial charge in [-0.1, -0.05) is 18.2 Å². The molecule has 0 aromatic heterocycles. The van der Waals surface area contributed by atoms with Gasteiger partial charge in [0.25, 0.3) is 5.91 Å². The van der Waals surface area contributed by atoms with Crippen molar-refractivity contribution in [3.05, 3.63) is 59.7 Å². The van der Waals surface area contributed by atoms with Crippen LogP contribution < -0.4 is 0 Å². The van der Waals surface area contributed by atoms with E-state index in [4.69, 9.17) is 9.84 Å². The Labute approximate surface area is 142 Å². The lowest BCUT2D eigenvalue weighted by atomic mass is 10.0. The van der Waals surface area contributed by atoms with Crippen LogP contribution in [0.15, 0.2) is 42.5 Å². The highest BCUT2D eigenvalue weighted by atomic mass is 19.1. The van der Waals surface area contributed by atoms with Crippen molar-refractivity contribution >= 4 is 11.9 Å². The highest BCUT2D eigenvalue weighted by Crippen LogP contribution is 2.23. The molecule has 7 heteroatoms. The van der Waals surface area contributed by atoms with Crippen LogP contribution in [0.3, 0.4) is 0 Å². The molecule has 2 aromatic rings. The van der Waals surface area contributed by atoms with Gasteiger partial charge in [-0.25, -0.2) is 13.6 Å². The number of rotatable bonds is 3. The molecule has 1 unspecified atom stereocenters. The first-order valence-electron chi connectivity index (χ1n) is 7.65. The topological polar surface area (TPSA) is 66.8 Å². The summed E-state index contributed by atoms with van der Waals surface area (Å²) in [4.78, 5) is 24.7. The number of amides is 1. The number of ether oxygens (including phenoxy) is 1. The van der Waals surface area contributed by atoms with Crippen molar-refractivity contribution in [2.24, 2.45) is 0 Å². The summed E-state index contributed by atoms with van der Waals surface area (Å²) in [5, 5.41) is 8.98. The summed E-state index contributed by atoms with van der Waals surface area (Å²) in [7, 11) is 0. The maximum atomic E-state index is 14.4. The quantitative estimate of drug-likeness (QED) is 0.927. The minimum absolute atomic E-state index is 0.0813. The van der Waals surface area contributed by atoms with E-state index in [9.17, 15) is 18.4 Å². The van der Waals surface area contributed by atoms with Crippen molar-refractivity contribution in [1.82, 2.24) is 4.90 Å². The van der Waals surface area contributed by atoms with Crippen LogP contribution in [0.2, 0.25) is 0 Å². The van der Waals surface area contributed by atoms with E-state index in [1.807, 2.05) is 0 Å². The number of hydrogen-bond donors (Lipinski definition) is 1. The second kappa shape index (κ2) is 6.98. The molecule has 0 saturated carbocycles. The van der Waals surface area contributed by atoms with E-state index in [2.05, 4.69) is 0 Å². The predicted molar refractivity (Wildman–Crippen MR) is 85.1 cm³/mol. The fraction of sp³-hybridized carbons (Fsp3) is 0.222. The van der Waals surface area contributed by atoms with Gasteiger partial charge < -0.3 is 14.7 Å². The van der Waals surface area contributed by atoms with Crippen molar-refractivity contribution in [3.8, 4) is 11.1 Å². The minimum atomic E-state index is -1.16. The molecule has 1 fully saturated rings. The average molecular weight is 347 g/mol. The Morgan fingerprint density at radius 3 is 2.40 bits per heavy atom. The van der Waals surface area contributed by atoms with Crippen LogP contribution in [-0.4, -0.2) is 47.7 Å². The van der Waals surface area contributed by atoms with Gasteiger partial charge in [-0.15, -0.1) is 0 Å². The number of nitrogens with zero attached hydrogens (tertiary/aromatic N) is 1. The molecule has 1 saturated heterocycles. The molecule has 0 radical (unpaired) electrons. The van der Waals surface area contributed by atoms with Gasteiger partial charge in [-0.3, -0.25) is 4.79 Å². The number of halogens is 2. The second-order valence-corrected chi connectivity index (χ2v) is 5.65. The van der Waals surface area contributed by atoms with Crippen molar-refractivity contribution < 1.29 is 28.2 Å². The van der Waals surface area contributed by atoms with Crippen molar-refractivity contribution in [2.45, 2.75) is 6.10 Å². The molecule has 1 atom stereocenters. The molecule has 3 rings (SSSR count). The maximum absolute atomic E-state index is 14.4. The Kier molecular flexibility index (Phi) is 4.76. The van der Waals surface area contributed by atoms with Gasteiger partial charge in [-0.2, -0.15) is 0 Å². The lowest BCUT2D eigenvalue weighted by molar-refractivity contribution is -0.154.